The van der Waals surface area contributed by atoms with Crippen LogP contribution in [0.2, 0.25) is 0 Å². The molecule has 1 aromatic rings. The smallest absolute Gasteiger partial charge is 0.0433 e. The van der Waals surface area contributed by atoms with E-state index in [0.29, 0.717) is 5.92 Å². The lowest BCUT2D eigenvalue weighted by Crippen LogP contribution is -2.42. The Balaban J connectivity index is 3.30. The molecule has 1 nitrogen and oxygen atoms in total. The largest absolute Gasteiger partial charge is 0.321 e. The van der Waals surface area contributed by atoms with Gasteiger partial charge in [-0.2, -0.15) is 0 Å². The molecule has 0 fully saturated rings. The topological polar surface area (TPSA) is 26.0 Å². The standard InChI is InChI=1S/C14H23N/c1-6-14(15,10(2)3)13-9-7-8-11(4)12(13)5/h7-10H,6,15H2,1-5H3. The minimum atomic E-state index is -0.184. The van der Waals surface area contributed by atoms with Crippen molar-refractivity contribution in [3.63, 3.8) is 0 Å². The highest BCUT2D eigenvalue weighted by Crippen LogP contribution is 2.33. The van der Waals surface area contributed by atoms with Crippen molar-refractivity contribution < 1.29 is 0 Å². The molecule has 1 aromatic carbocycles. The summed E-state index contributed by atoms with van der Waals surface area (Å²) < 4.78 is 0. The van der Waals surface area contributed by atoms with Gasteiger partial charge in [0.1, 0.15) is 0 Å². The first-order valence-electron chi connectivity index (χ1n) is 5.79. The third kappa shape index (κ3) is 2.07. The molecule has 0 aliphatic rings. The molecular weight excluding hydrogens is 182 g/mol. The highest BCUT2D eigenvalue weighted by molar-refractivity contribution is 5.38. The van der Waals surface area contributed by atoms with Crippen LogP contribution in [0.25, 0.3) is 0 Å². The Morgan fingerprint density at radius 2 is 1.87 bits per heavy atom. The van der Waals surface area contributed by atoms with Gasteiger partial charge in [0.05, 0.1) is 0 Å². The minimum absolute atomic E-state index is 0.184. The Kier molecular flexibility index (Phi) is 3.56. The highest BCUT2D eigenvalue weighted by atomic mass is 14.8. The van der Waals surface area contributed by atoms with Gasteiger partial charge in [0, 0.05) is 5.54 Å². The van der Waals surface area contributed by atoms with E-state index in [0.717, 1.165) is 6.42 Å². The second-order valence-corrected chi connectivity index (χ2v) is 4.80. The Morgan fingerprint density at radius 3 is 2.33 bits per heavy atom. The van der Waals surface area contributed by atoms with Gasteiger partial charge in [0.15, 0.2) is 0 Å². The lowest BCUT2D eigenvalue weighted by Gasteiger charge is -2.35. The fraction of sp³-hybridized carbons (Fsp3) is 0.571. The number of aryl methyl sites for hydroxylation is 1. The summed E-state index contributed by atoms with van der Waals surface area (Å²) in [7, 11) is 0. The summed E-state index contributed by atoms with van der Waals surface area (Å²) in [6, 6.07) is 6.43. The van der Waals surface area contributed by atoms with E-state index in [-0.39, 0.29) is 5.54 Å². The normalized spacial score (nSPS) is 15.4. The van der Waals surface area contributed by atoms with Crippen molar-refractivity contribution in [2.75, 3.05) is 0 Å². The SMILES string of the molecule is CCC(N)(c1cccc(C)c1C)C(C)C. The van der Waals surface area contributed by atoms with Crippen LogP contribution >= 0.6 is 0 Å². The molecule has 0 radical (unpaired) electrons. The first kappa shape index (κ1) is 12.3. The van der Waals surface area contributed by atoms with Crippen LogP contribution in [0.5, 0.6) is 0 Å². The number of hydrogen-bond donors (Lipinski definition) is 1. The van der Waals surface area contributed by atoms with Crippen LogP contribution in [-0.2, 0) is 5.54 Å². The van der Waals surface area contributed by atoms with Gasteiger partial charge in [0.2, 0.25) is 0 Å². The van der Waals surface area contributed by atoms with Crippen LogP contribution in [0.15, 0.2) is 18.2 Å². The second-order valence-electron chi connectivity index (χ2n) is 4.80. The molecule has 0 aliphatic carbocycles. The number of rotatable bonds is 3. The van der Waals surface area contributed by atoms with Crippen LogP contribution in [0.3, 0.4) is 0 Å². The predicted octanol–water partition coefficient (Wildman–Crippen LogP) is 3.52. The third-order valence-electron chi connectivity index (χ3n) is 3.72. The molecule has 1 rings (SSSR count). The quantitative estimate of drug-likeness (QED) is 0.802. The first-order valence-corrected chi connectivity index (χ1v) is 5.79. The summed E-state index contributed by atoms with van der Waals surface area (Å²) in [6.45, 7) is 10.9. The van der Waals surface area contributed by atoms with Crippen molar-refractivity contribution in [3.8, 4) is 0 Å². The van der Waals surface area contributed by atoms with Crippen molar-refractivity contribution >= 4 is 0 Å². The molecule has 0 heterocycles. The lowest BCUT2D eigenvalue weighted by molar-refractivity contribution is 0.304. The molecular formula is C14H23N. The molecule has 84 valence electrons. The molecule has 0 saturated carbocycles. The zero-order valence-electron chi connectivity index (χ0n) is 10.6. The number of nitrogens with two attached hydrogens (primary N) is 1. The molecule has 1 heteroatoms. The van der Waals surface area contributed by atoms with E-state index >= 15 is 0 Å². The van der Waals surface area contributed by atoms with Gasteiger partial charge >= 0.3 is 0 Å². The maximum absolute atomic E-state index is 6.53. The summed E-state index contributed by atoms with van der Waals surface area (Å²) in [5.74, 6) is 0.461. The Hall–Kier alpha value is -0.820. The van der Waals surface area contributed by atoms with Crippen LogP contribution in [0, 0.1) is 19.8 Å². The monoisotopic (exact) mass is 205 g/mol. The van der Waals surface area contributed by atoms with E-state index in [1.165, 1.54) is 16.7 Å². The van der Waals surface area contributed by atoms with E-state index in [1.54, 1.807) is 0 Å². The zero-order chi connectivity index (χ0) is 11.6. The van der Waals surface area contributed by atoms with Crippen molar-refractivity contribution in [1.82, 2.24) is 0 Å². The van der Waals surface area contributed by atoms with Crippen LogP contribution in [0.4, 0.5) is 0 Å². The summed E-state index contributed by atoms with van der Waals surface area (Å²) in [5, 5.41) is 0. The van der Waals surface area contributed by atoms with Crippen molar-refractivity contribution in [2.24, 2.45) is 11.7 Å². The molecule has 0 amide bonds. The molecule has 2 N–H and O–H groups in total. The van der Waals surface area contributed by atoms with Gasteiger partial charge in [-0.3, -0.25) is 0 Å². The van der Waals surface area contributed by atoms with E-state index in [1.807, 2.05) is 0 Å². The van der Waals surface area contributed by atoms with Crippen LogP contribution < -0.4 is 5.73 Å². The average molecular weight is 205 g/mol. The fourth-order valence-electron chi connectivity index (χ4n) is 2.17. The van der Waals surface area contributed by atoms with E-state index < -0.39 is 0 Å². The van der Waals surface area contributed by atoms with Crippen molar-refractivity contribution in [2.45, 2.75) is 46.6 Å². The van der Waals surface area contributed by atoms with Gasteiger partial charge in [-0.25, -0.2) is 0 Å². The molecule has 0 aliphatic heterocycles. The molecule has 0 saturated heterocycles. The molecule has 0 bridgehead atoms. The van der Waals surface area contributed by atoms with E-state index in [2.05, 4.69) is 52.8 Å². The van der Waals surface area contributed by atoms with Gasteiger partial charge in [-0.1, -0.05) is 39.0 Å². The van der Waals surface area contributed by atoms with E-state index in [4.69, 9.17) is 5.73 Å². The minimum Gasteiger partial charge on any atom is -0.321 e. The molecule has 1 unspecified atom stereocenters. The van der Waals surface area contributed by atoms with Crippen molar-refractivity contribution in [1.29, 1.82) is 0 Å². The summed E-state index contributed by atoms with van der Waals surface area (Å²) >= 11 is 0. The molecule has 15 heavy (non-hydrogen) atoms. The lowest BCUT2D eigenvalue weighted by atomic mass is 9.76. The second kappa shape index (κ2) is 4.36. The zero-order valence-corrected chi connectivity index (χ0v) is 10.6. The van der Waals surface area contributed by atoms with Crippen LogP contribution in [-0.4, -0.2) is 0 Å². The summed E-state index contributed by atoms with van der Waals surface area (Å²) in [6.07, 6.45) is 0.981. The summed E-state index contributed by atoms with van der Waals surface area (Å²) in [4.78, 5) is 0. The Bertz CT molecular complexity index is 341. The number of hydrogen-bond acceptors (Lipinski definition) is 1. The average Bonchev–Trinajstić information content (AvgIpc) is 2.20. The van der Waals surface area contributed by atoms with Gasteiger partial charge in [-0.05, 0) is 42.9 Å². The van der Waals surface area contributed by atoms with Crippen molar-refractivity contribution in [3.05, 3.63) is 34.9 Å². The molecule has 0 aromatic heterocycles. The van der Waals surface area contributed by atoms with Crippen LogP contribution in [0.1, 0.15) is 43.9 Å². The molecule has 0 spiro atoms. The van der Waals surface area contributed by atoms with Gasteiger partial charge in [-0.15, -0.1) is 0 Å². The Morgan fingerprint density at radius 1 is 1.27 bits per heavy atom. The maximum atomic E-state index is 6.53. The maximum Gasteiger partial charge on any atom is 0.0433 e. The third-order valence-corrected chi connectivity index (χ3v) is 3.72. The number of benzene rings is 1. The van der Waals surface area contributed by atoms with Gasteiger partial charge < -0.3 is 5.73 Å². The highest BCUT2D eigenvalue weighted by Gasteiger charge is 2.30. The predicted molar refractivity (Wildman–Crippen MR) is 66.9 cm³/mol. The Labute approximate surface area is 93.7 Å². The fourth-order valence-corrected chi connectivity index (χ4v) is 2.17. The van der Waals surface area contributed by atoms with Gasteiger partial charge in [0.25, 0.3) is 0 Å². The summed E-state index contributed by atoms with van der Waals surface area (Å²) in [5.41, 5.74) is 10.3. The molecule has 1 atom stereocenters. The first-order chi connectivity index (χ1) is 6.93. The van der Waals surface area contributed by atoms with E-state index in [9.17, 15) is 0 Å².